The van der Waals surface area contributed by atoms with E-state index in [9.17, 15) is 19.8 Å². The molecule has 0 aliphatic carbocycles. The molecule has 300 valence electrons. The van der Waals surface area contributed by atoms with Gasteiger partial charge in [-0.05, 0) is 44.9 Å². The fraction of sp³-hybridized carbons (Fsp3) is 0.867. The van der Waals surface area contributed by atoms with Crippen LogP contribution in [0.2, 0.25) is 0 Å². The number of aliphatic hydroxyl groups excluding tert-OH is 2. The van der Waals surface area contributed by atoms with Crippen molar-refractivity contribution in [3.63, 3.8) is 0 Å². The van der Waals surface area contributed by atoms with Gasteiger partial charge in [0.15, 0.2) is 0 Å². The van der Waals surface area contributed by atoms with Crippen LogP contribution in [0.4, 0.5) is 0 Å². The van der Waals surface area contributed by atoms with Crippen molar-refractivity contribution in [2.75, 3.05) is 6.61 Å². The Morgan fingerprint density at radius 1 is 0.569 bits per heavy atom. The third-order valence-corrected chi connectivity index (χ3v) is 10.1. The molecule has 0 saturated carbocycles. The molecule has 6 heteroatoms. The second-order valence-corrected chi connectivity index (χ2v) is 15.1. The minimum absolute atomic E-state index is 0.0484. The zero-order valence-corrected chi connectivity index (χ0v) is 34.0. The Kier molecular flexibility index (Phi) is 38.3. The molecule has 0 aliphatic rings. The van der Waals surface area contributed by atoms with E-state index in [-0.39, 0.29) is 24.9 Å². The van der Waals surface area contributed by atoms with Crippen molar-refractivity contribution >= 4 is 11.9 Å². The van der Waals surface area contributed by atoms with Gasteiger partial charge in [0.1, 0.15) is 6.10 Å². The summed E-state index contributed by atoms with van der Waals surface area (Å²) in [6, 6.07) is -0.708. The van der Waals surface area contributed by atoms with E-state index in [2.05, 4.69) is 50.4 Å². The molecule has 0 radical (unpaired) electrons. The Morgan fingerprint density at radius 3 is 1.49 bits per heavy atom. The van der Waals surface area contributed by atoms with Gasteiger partial charge in [-0.15, -0.1) is 0 Å². The first-order valence-electron chi connectivity index (χ1n) is 22.1. The van der Waals surface area contributed by atoms with Crippen molar-refractivity contribution in [2.45, 2.75) is 244 Å². The highest BCUT2D eigenvalue weighted by atomic mass is 16.5. The number of esters is 1. The summed E-state index contributed by atoms with van der Waals surface area (Å²) < 4.78 is 5.85. The molecule has 0 bridgehead atoms. The molecular weight excluding hydrogens is 634 g/mol. The quantitative estimate of drug-likeness (QED) is 0.0334. The summed E-state index contributed by atoms with van der Waals surface area (Å²) in [5.74, 6) is -0.520. The lowest BCUT2D eigenvalue weighted by molar-refractivity contribution is -0.151. The van der Waals surface area contributed by atoms with Crippen LogP contribution in [0.15, 0.2) is 24.3 Å². The number of hydrogen-bond acceptors (Lipinski definition) is 5. The van der Waals surface area contributed by atoms with E-state index in [1.165, 1.54) is 122 Å². The highest BCUT2D eigenvalue weighted by Crippen LogP contribution is 2.16. The maximum Gasteiger partial charge on any atom is 0.306 e. The molecule has 0 heterocycles. The third-order valence-electron chi connectivity index (χ3n) is 10.1. The number of ether oxygens (including phenoxy) is 1. The van der Waals surface area contributed by atoms with Gasteiger partial charge in [-0.2, -0.15) is 0 Å². The second-order valence-electron chi connectivity index (χ2n) is 15.1. The average molecular weight is 720 g/mol. The standard InChI is InChI=1S/C45H85NO5/c1-4-7-10-13-16-19-20-21-22-23-26-27-30-33-36-41(51-45(50)38-35-32-29-25-18-15-12-9-6-3)39-44(49)46-42(40-47)43(48)37-34-31-28-24-17-14-11-8-5-2/h22-23,26-27,41-43,47-48H,4-21,24-25,28-40H2,1-3H3,(H,46,49)/b23-22+,27-26+. The molecular formula is C45H85NO5. The van der Waals surface area contributed by atoms with Crippen LogP contribution < -0.4 is 5.32 Å². The number of allylic oxidation sites excluding steroid dienone is 4. The summed E-state index contributed by atoms with van der Waals surface area (Å²) in [5, 5.41) is 23.5. The van der Waals surface area contributed by atoms with E-state index in [4.69, 9.17) is 4.74 Å². The molecule has 6 nitrogen and oxygen atoms in total. The van der Waals surface area contributed by atoms with Gasteiger partial charge in [-0.3, -0.25) is 9.59 Å². The Bertz CT molecular complexity index is 812. The molecule has 1 amide bonds. The number of carbonyl (C=O) groups excluding carboxylic acids is 2. The van der Waals surface area contributed by atoms with Crippen molar-refractivity contribution in [2.24, 2.45) is 0 Å². The van der Waals surface area contributed by atoms with Crippen LogP contribution in [0.5, 0.6) is 0 Å². The Hall–Kier alpha value is -1.66. The Balaban J connectivity index is 4.67. The van der Waals surface area contributed by atoms with Crippen LogP contribution in [0.1, 0.15) is 226 Å². The van der Waals surface area contributed by atoms with E-state index in [1.807, 2.05) is 0 Å². The number of rotatable bonds is 39. The van der Waals surface area contributed by atoms with Gasteiger partial charge < -0.3 is 20.3 Å². The number of aliphatic hydroxyl groups is 2. The minimum atomic E-state index is -0.792. The topological polar surface area (TPSA) is 95.9 Å². The van der Waals surface area contributed by atoms with Crippen LogP contribution in [0, 0.1) is 0 Å². The molecule has 0 saturated heterocycles. The molecule has 0 aromatic rings. The highest BCUT2D eigenvalue weighted by Gasteiger charge is 2.24. The first-order chi connectivity index (χ1) is 25.0. The van der Waals surface area contributed by atoms with Crippen LogP contribution in [0.25, 0.3) is 0 Å². The predicted octanol–water partition coefficient (Wildman–Crippen LogP) is 12.4. The van der Waals surface area contributed by atoms with Gasteiger partial charge in [-0.25, -0.2) is 0 Å². The first-order valence-corrected chi connectivity index (χ1v) is 22.1. The van der Waals surface area contributed by atoms with Gasteiger partial charge in [-0.1, -0.05) is 193 Å². The lowest BCUT2D eigenvalue weighted by Gasteiger charge is -2.24. The molecule has 51 heavy (non-hydrogen) atoms. The van der Waals surface area contributed by atoms with E-state index in [0.29, 0.717) is 19.3 Å². The maximum absolute atomic E-state index is 13.1. The predicted molar refractivity (Wildman–Crippen MR) is 218 cm³/mol. The summed E-state index contributed by atoms with van der Waals surface area (Å²) in [4.78, 5) is 25.8. The number of amides is 1. The molecule has 0 spiro atoms. The summed E-state index contributed by atoms with van der Waals surface area (Å²) in [7, 11) is 0. The van der Waals surface area contributed by atoms with Crippen LogP contribution in [0.3, 0.4) is 0 Å². The summed E-state index contributed by atoms with van der Waals surface area (Å²) in [5.41, 5.74) is 0. The molecule has 0 aliphatic heterocycles. The van der Waals surface area contributed by atoms with Gasteiger partial charge in [0.2, 0.25) is 5.91 Å². The normalized spacial score (nSPS) is 13.6. The van der Waals surface area contributed by atoms with Crippen molar-refractivity contribution in [3.8, 4) is 0 Å². The lowest BCUT2D eigenvalue weighted by atomic mass is 10.0. The largest absolute Gasteiger partial charge is 0.462 e. The van der Waals surface area contributed by atoms with E-state index < -0.39 is 18.2 Å². The van der Waals surface area contributed by atoms with Crippen molar-refractivity contribution in [1.29, 1.82) is 0 Å². The summed E-state index contributed by atoms with van der Waals surface area (Å²) in [6.45, 7) is 6.41. The lowest BCUT2D eigenvalue weighted by Crippen LogP contribution is -2.46. The minimum Gasteiger partial charge on any atom is -0.462 e. The van der Waals surface area contributed by atoms with E-state index in [0.717, 1.165) is 57.8 Å². The number of nitrogens with one attached hydrogen (secondary N) is 1. The Morgan fingerprint density at radius 2 is 1.00 bits per heavy atom. The molecule has 3 N–H and O–H groups in total. The fourth-order valence-corrected chi connectivity index (χ4v) is 6.66. The summed E-state index contributed by atoms with van der Waals surface area (Å²) in [6.07, 6.45) is 42.5. The number of unbranched alkanes of at least 4 members (excludes halogenated alkanes) is 24. The monoisotopic (exact) mass is 720 g/mol. The van der Waals surface area contributed by atoms with E-state index >= 15 is 0 Å². The van der Waals surface area contributed by atoms with Crippen molar-refractivity contribution in [3.05, 3.63) is 24.3 Å². The first kappa shape index (κ1) is 49.3. The highest BCUT2D eigenvalue weighted by molar-refractivity contribution is 5.77. The SMILES string of the molecule is CCCCCCCCC/C=C/C=C/CCCC(CC(=O)NC(CO)C(O)CCCCCCCCCCC)OC(=O)CCCCCCCCCCC. The van der Waals surface area contributed by atoms with E-state index in [1.54, 1.807) is 0 Å². The van der Waals surface area contributed by atoms with Crippen LogP contribution in [-0.4, -0.2) is 46.9 Å². The van der Waals surface area contributed by atoms with Crippen LogP contribution in [-0.2, 0) is 14.3 Å². The van der Waals surface area contributed by atoms with Crippen LogP contribution >= 0.6 is 0 Å². The molecule has 3 unspecified atom stereocenters. The fourth-order valence-electron chi connectivity index (χ4n) is 6.66. The third kappa shape index (κ3) is 35.2. The van der Waals surface area contributed by atoms with Crippen molar-refractivity contribution < 1.29 is 24.5 Å². The zero-order chi connectivity index (χ0) is 37.5. The van der Waals surface area contributed by atoms with Gasteiger partial charge in [0.25, 0.3) is 0 Å². The maximum atomic E-state index is 13.1. The zero-order valence-electron chi connectivity index (χ0n) is 34.0. The number of hydrogen-bond donors (Lipinski definition) is 3. The van der Waals surface area contributed by atoms with Gasteiger partial charge >= 0.3 is 5.97 Å². The second kappa shape index (κ2) is 39.5. The van der Waals surface area contributed by atoms with Gasteiger partial charge in [0, 0.05) is 6.42 Å². The molecule has 3 atom stereocenters. The summed E-state index contributed by atoms with van der Waals surface area (Å²) >= 11 is 0. The Labute approximate surface area is 316 Å². The van der Waals surface area contributed by atoms with Crippen molar-refractivity contribution in [1.82, 2.24) is 5.32 Å². The molecule has 0 aromatic carbocycles. The molecule has 0 aromatic heterocycles. The average Bonchev–Trinajstić information content (AvgIpc) is 3.12. The number of carbonyl (C=O) groups is 2. The molecule has 0 rings (SSSR count). The van der Waals surface area contributed by atoms with Gasteiger partial charge in [0.05, 0.1) is 25.2 Å². The smallest absolute Gasteiger partial charge is 0.306 e. The molecule has 0 fully saturated rings.